The van der Waals surface area contributed by atoms with Gasteiger partial charge in [-0.25, -0.2) is 0 Å². The van der Waals surface area contributed by atoms with Crippen molar-refractivity contribution in [3.63, 3.8) is 0 Å². The van der Waals surface area contributed by atoms with E-state index in [2.05, 4.69) is 32.9 Å². The summed E-state index contributed by atoms with van der Waals surface area (Å²) in [5.41, 5.74) is 5.66. The second-order valence-electron chi connectivity index (χ2n) is 6.72. The molecule has 2 aromatic rings. The first-order valence-corrected chi connectivity index (χ1v) is 8.63. The van der Waals surface area contributed by atoms with Crippen LogP contribution in [-0.4, -0.2) is 16.7 Å². The molecule has 0 atom stereocenters. The minimum atomic E-state index is -0.250. The van der Waals surface area contributed by atoms with Gasteiger partial charge in [-0.2, -0.15) is 0 Å². The largest absolute Gasteiger partial charge is 0.483 e. The van der Waals surface area contributed by atoms with Gasteiger partial charge in [0.2, 0.25) is 0 Å². The van der Waals surface area contributed by atoms with Crippen molar-refractivity contribution in [2.24, 2.45) is 5.41 Å². The van der Waals surface area contributed by atoms with Gasteiger partial charge >= 0.3 is 0 Å². The van der Waals surface area contributed by atoms with Gasteiger partial charge in [0.1, 0.15) is 0 Å². The number of aryl methyl sites for hydroxylation is 1. The summed E-state index contributed by atoms with van der Waals surface area (Å²) < 4.78 is 0. The maximum Gasteiger partial charge on any atom is 0.290 e. The number of rotatable bonds is 2. The lowest BCUT2D eigenvalue weighted by atomic mass is 9.76. The molecule has 0 saturated heterocycles. The molecular weight excluding hydrogens is 308 g/mol. The Morgan fingerprint density at radius 2 is 1.96 bits per heavy atom. The van der Waals surface area contributed by atoms with Crippen molar-refractivity contribution in [3.05, 3.63) is 45.8 Å². The molecule has 0 aliphatic heterocycles. The summed E-state index contributed by atoms with van der Waals surface area (Å²) in [7, 11) is 0. The Morgan fingerprint density at radius 3 is 2.61 bits per heavy atom. The maximum atomic E-state index is 9.56. The second kappa shape index (κ2) is 7.28. The van der Waals surface area contributed by atoms with E-state index in [-0.39, 0.29) is 13.1 Å². The van der Waals surface area contributed by atoms with E-state index >= 15 is 0 Å². The number of hydrogen-bond acceptors (Lipinski definition) is 3. The molecule has 0 fully saturated rings. The Labute approximate surface area is 141 Å². The first-order chi connectivity index (χ1) is 10.9. The summed E-state index contributed by atoms with van der Waals surface area (Å²) in [5.74, 6) is 0. The number of benzene rings is 1. The molecule has 2 N–H and O–H groups in total. The molecule has 124 valence electrons. The van der Waals surface area contributed by atoms with Gasteiger partial charge in [0.05, 0.1) is 6.61 Å². The van der Waals surface area contributed by atoms with Crippen molar-refractivity contribution in [1.29, 1.82) is 0 Å². The minimum absolute atomic E-state index is 0.115. The molecular formula is C19H24O3S. The SMILES string of the molecule is Cc1c(-c2ccccc2CO)sc2c1CC(C)(C)CC2.O=CO. The standard InChI is InChI=1S/C18H22OS.CH2O2/c1-12-15-10-18(2,3)9-8-16(15)20-17(12)14-7-5-4-6-13(14)11-19;2-1-3/h4-7,19H,8-11H2,1-3H3;1H,(H,2,3). The van der Waals surface area contributed by atoms with Crippen LogP contribution < -0.4 is 0 Å². The van der Waals surface area contributed by atoms with E-state index in [1.165, 1.54) is 35.3 Å². The predicted octanol–water partition coefficient (Wildman–Crippen LogP) is 4.43. The maximum absolute atomic E-state index is 9.56. The van der Waals surface area contributed by atoms with E-state index < -0.39 is 0 Å². The van der Waals surface area contributed by atoms with E-state index in [0.717, 1.165) is 5.56 Å². The van der Waals surface area contributed by atoms with Crippen molar-refractivity contribution in [2.45, 2.75) is 46.6 Å². The highest BCUT2D eigenvalue weighted by molar-refractivity contribution is 7.16. The molecule has 3 rings (SSSR count). The topological polar surface area (TPSA) is 57.5 Å². The van der Waals surface area contributed by atoms with Gasteiger partial charge in [-0.05, 0) is 53.9 Å². The van der Waals surface area contributed by atoms with Crippen LogP contribution in [0.15, 0.2) is 24.3 Å². The van der Waals surface area contributed by atoms with Gasteiger partial charge in [-0.3, -0.25) is 4.79 Å². The van der Waals surface area contributed by atoms with E-state index in [0.29, 0.717) is 5.41 Å². The average molecular weight is 332 g/mol. The van der Waals surface area contributed by atoms with Gasteiger partial charge < -0.3 is 10.2 Å². The highest BCUT2D eigenvalue weighted by Crippen LogP contribution is 2.45. The summed E-state index contributed by atoms with van der Waals surface area (Å²) in [6, 6.07) is 8.23. The van der Waals surface area contributed by atoms with E-state index in [4.69, 9.17) is 9.90 Å². The molecule has 0 radical (unpaired) electrons. The zero-order valence-corrected chi connectivity index (χ0v) is 14.7. The van der Waals surface area contributed by atoms with Crippen molar-refractivity contribution in [1.82, 2.24) is 0 Å². The normalized spacial score (nSPS) is 15.3. The Bertz CT molecular complexity index is 686. The fourth-order valence-corrected chi connectivity index (χ4v) is 4.58. The third kappa shape index (κ3) is 3.82. The summed E-state index contributed by atoms with van der Waals surface area (Å²) in [4.78, 5) is 11.3. The molecule has 0 saturated carbocycles. The summed E-state index contributed by atoms with van der Waals surface area (Å²) in [5, 5.41) is 16.5. The number of hydrogen-bond donors (Lipinski definition) is 2. The van der Waals surface area contributed by atoms with Gasteiger partial charge in [-0.15, -0.1) is 11.3 Å². The zero-order chi connectivity index (χ0) is 17.0. The first kappa shape index (κ1) is 17.7. The molecule has 1 aromatic carbocycles. The lowest BCUT2D eigenvalue weighted by Crippen LogP contribution is -2.21. The number of carboxylic acid groups (broad SMARTS) is 1. The van der Waals surface area contributed by atoms with Gasteiger partial charge in [-0.1, -0.05) is 38.1 Å². The molecule has 0 amide bonds. The molecule has 3 nitrogen and oxygen atoms in total. The highest BCUT2D eigenvalue weighted by atomic mass is 32.1. The smallest absolute Gasteiger partial charge is 0.290 e. The Balaban J connectivity index is 0.000000595. The van der Waals surface area contributed by atoms with Crippen LogP contribution in [0.4, 0.5) is 0 Å². The average Bonchev–Trinajstić information content (AvgIpc) is 2.83. The van der Waals surface area contributed by atoms with Crippen LogP contribution in [-0.2, 0) is 24.2 Å². The van der Waals surface area contributed by atoms with Crippen molar-refractivity contribution >= 4 is 17.8 Å². The van der Waals surface area contributed by atoms with Crippen LogP contribution in [0.1, 0.15) is 41.8 Å². The van der Waals surface area contributed by atoms with Crippen LogP contribution >= 0.6 is 11.3 Å². The minimum Gasteiger partial charge on any atom is -0.483 e. The number of aliphatic hydroxyl groups excluding tert-OH is 1. The van der Waals surface area contributed by atoms with E-state index in [9.17, 15) is 5.11 Å². The molecule has 0 unspecified atom stereocenters. The van der Waals surface area contributed by atoms with Crippen molar-refractivity contribution in [2.75, 3.05) is 0 Å². The number of aliphatic hydroxyl groups is 1. The van der Waals surface area contributed by atoms with E-state index in [1.807, 2.05) is 23.5 Å². The van der Waals surface area contributed by atoms with Crippen molar-refractivity contribution < 1.29 is 15.0 Å². The van der Waals surface area contributed by atoms with Crippen LogP contribution in [0.3, 0.4) is 0 Å². The predicted molar refractivity (Wildman–Crippen MR) is 94.9 cm³/mol. The quantitative estimate of drug-likeness (QED) is 0.800. The third-order valence-electron chi connectivity index (χ3n) is 4.47. The lowest BCUT2D eigenvalue weighted by molar-refractivity contribution is -0.122. The molecule has 4 heteroatoms. The lowest BCUT2D eigenvalue weighted by Gasteiger charge is -2.29. The molecule has 1 heterocycles. The third-order valence-corrected chi connectivity index (χ3v) is 5.90. The van der Waals surface area contributed by atoms with Crippen LogP contribution in [0.5, 0.6) is 0 Å². The Kier molecular flexibility index (Phi) is 5.60. The zero-order valence-electron chi connectivity index (χ0n) is 13.9. The Morgan fingerprint density at radius 1 is 1.30 bits per heavy atom. The second-order valence-corrected chi connectivity index (χ2v) is 7.82. The van der Waals surface area contributed by atoms with Crippen LogP contribution in [0.25, 0.3) is 10.4 Å². The summed E-state index contributed by atoms with van der Waals surface area (Å²) in [6.07, 6.45) is 3.67. The molecule has 23 heavy (non-hydrogen) atoms. The fourth-order valence-electron chi connectivity index (χ4n) is 3.20. The van der Waals surface area contributed by atoms with E-state index in [1.54, 1.807) is 10.4 Å². The van der Waals surface area contributed by atoms with Crippen molar-refractivity contribution in [3.8, 4) is 10.4 Å². The molecule has 0 spiro atoms. The molecule has 1 aromatic heterocycles. The fraction of sp³-hybridized carbons (Fsp3) is 0.421. The molecule has 1 aliphatic carbocycles. The summed E-state index contributed by atoms with van der Waals surface area (Å²) >= 11 is 1.93. The van der Waals surface area contributed by atoms with Crippen LogP contribution in [0, 0.1) is 12.3 Å². The summed E-state index contributed by atoms with van der Waals surface area (Å²) in [6.45, 7) is 6.85. The number of thiophene rings is 1. The number of fused-ring (bicyclic) bond motifs is 1. The van der Waals surface area contributed by atoms with Gasteiger partial charge in [0, 0.05) is 9.75 Å². The van der Waals surface area contributed by atoms with Gasteiger partial charge in [0.25, 0.3) is 6.47 Å². The Hall–Kier alpha value is -1.65. The van der Waals surface area contributed by atoms with Crippen LogP contribution in [0.2, 0.25) is 0 Å². The molecule has 0 bridgehead atoms. The monoisotopic (exact) mass is 332 g/mol. The number of carbonyl (C=O) groups is 1. The first-order valence-electron chi connectivity index (χ1n) is 7.81. The molecule has 1 aliphatic rings. The highest BCUT2D eigenvalue weighted by Gasteiger charge is 2.29. The van der Waals surface area contributed by atoms with Gasteiger partial charge in [0.15, 0.2) is 0 Å².